The number of carbonyl (C=O) groups excluding carboxylic acids is 5. The average Bonchev–Trinajstić information content (AvgIpc) is 3.80. The minimum Gasteiger partial charge on any atom is -0.462 e. The van der Waals surface area contributed by atoms with Gasteiger partial charge in [0.15, 0.2) is 0 Å². The first-order valence-corrected chi connectivity index (χ1v) is 24.4. The Morgan fingerprint density at radius 3 is 2.49 bits per heavy atom. The molecule has 6 bridgehead atoms. The first-order chi connectivity index (χ1) is 32.3. The normalized spacial score (nSPS) is 21.7. The van der Waals surface area contributed by atoms with Crippen molar-refractivity contribution in [2.24, 2.45) is 16.3 Å². The topological polar surface area (TPSA) is 191 Å². The number of likely N-dealkylation sites (N-methyl/N-ethyl adjacent to an activating group) is 1. The number of hydrogen-bond acceptors (Lipinski definition) is 12. The Labute approximate surface area is 403 Å². The molecule has 0 aliphatic carbocycles. The molecule has 2 saturated heterocycles. The number of amides is 5. The summed E-state index contributed by atoms with van der Waals surface area (Å²) in [7, 11) is 3.21. The van der Waals surface area contributed by atoms with Gasteiger partial charge in [0, 0.05) is 105 Å². The number of cyclic esters (lactones) is 1. The highest BCUT2D eigenvalue weighted by Gasteiger charge is 2.46. The van der Waals surface area contributed by atoms with Crippen LogP contribution >= 0.6 is 11.3 Å². The van der Waals surface area contributed by atoms with Crippen molar-refractivity contribution < 1.29 is 38.6 Å². The number of hydrazine groups is 1. The standard InChI is InChI=1S/C50H69N9O8S/c1-12-34(42(51-14-3)32(7)66-11)44-36-28-49(8,9)30-67-47(63)50(65)20-16-23-59(54-50)46(62)37(27-40-52-38(29-68-40)33-18-19-39(35(36)26-33)58(44)15-4)53-45(61)43(31(5)6)55(10)48(64)57-22-17-21-56(24-25-57)41(60)13-2/h12-14,18-19,26,29,31-32,37,43,54,65H,1-2,15-17,20-25,27-28,30H2,3-11H3,(H,53,61)/b42-34+,51-14?/t32-,37-,43-,50-/m0/s1. The molecule has 2 fully saturated rings. The average molecular weight is 956 g/mol. The number of fused-ring (bicyclic) bond motifs is 6. The molecule has 5 heterocycles. The summed E-state index contributed by atoms with van der Waals surface area (Å²) >= 11 is 1.35. The minimum absolute atomic E-state index is 0.0238. The van der Waals surface area contributed by atoms with Crippen molar-refractivity contribution in [1.82, 2.24) is 40.0 Å². The third-order valence-electron chi connectivity index (χ3n) is 13.0. The predicted molar refractivity (Wildman–Crippen MR) is 264 cm³/mol. The van der Waals surface area contributed by atoms with E-state index in [0.717, 1.165) is 33.3 Å². The van der Waals surface area contributed by atoms with E-state index in [1.54, 1.807) is 30.2 Å². The number of aryl methyl sites for hydroxylation is 1. The van der Waals surface area contributed by atoms with Crippen molar-refractivity contribution in [1.29, 1.82) is 0 Å². The Morgan fingerprint density at radius 2 is 1.82 bits per heavy atom. The molecule has 0 saturated carbocycles. The number of carbonyl (C=O) groups is 5. The van der Waals surface area contributed by atoms with E-state index in [9.17, 15) is 29.1 Å². The van der Waals surface area contributed by atoms with Crippen LogP contribution in [0.5, 0.6) is 0 Å². The van der Waals surface area contributed by atoms with Crippen molar-refractivity contribution in [3.8, 4) is 11.3 Å². The molecular formula is C50H69N9O8S. The fourth-order valence-corrected chi connectivity index (χ4v) is 10.4. The second kappa shape index (κ2) is 21.7. The van der Waals surface area contributed by atoms with Crippen LogP contribution in [-0.4, -0.2) is 148 Å². The van der Waals surface area contributed by atoms with Gasteiger partial charge in [0.2, 0.25) is 17.5 Å². The summed E-state index contributed by atoms with van der Waals surface area (Å²) in [5.74, 6) is -2.67. The number of allylic oxidation sites excluding steroid dienone is 2. The molecule has 0 spiro atoms. The smallest absolute Gasteiger partial charge is 0.355 e. The minimum atomic E-state index is -2.25. The van der Waals surface area contributed by atoms with Crippen LogP contribution in [0.15, 0.2) is 59.6 Å². The fourth-order valence-electron chi connectivity index (χ4n) is 9.50. The molecule has 5 amide bonds. The first-order valence-electron chi connectivity index (χ1n) is 23.5. The second-order valence-electron chi connectivity index (χ2n) is 18.9. The Hall–Kier alpha value is -5.69. The van der Waals surface area contributed by atoms with E-state index in [1.807, 2.05) is 59.1 Å². The molecule has 0 radical (unpaired) electrons. The van der Waals surface area contributed by atoms with E-state index in [4.69, 9.17) is 19.5 Å². The van der Waals surface area contributed by atoms with Gasteiger partial charge < -0.3 is 39.2 Å². The number of methoxy groups -OCH3 is 1. The predicted octanol–water partition coefficient (Wildman–Crippen LogP) is 5.57. The Morgan fingerprint density at radius 1 is 1.10 bits per heavy atom. The molecule has 3 aliphatic rings. The zero-order chi connectivity index (χ0) is 49.7. The third kappa shape index (κ3) is 10.9. The number of ether oxygens (including phenoxy) is 2. The quantitative estimate of drug-likeness (QED) is 0.0948. The van der Waals surface area contributed by atoms with Gasteiger partial charge in [0.05, 0.1) is 34.8 Å². The molecule has 68 heavy (non-hydrogen) atoms. The number of hydrogen-bond donors (Lipinski definition) is 3. The molecule has 1 aromatic carbocycles. The van der Waals surface area contributed by atoms with E-state index in [0.29, 0.717) is 55.4 Å². The number of esters is 1. The SMILES string of the molecule is C=CC(=O)N1CCCN(C(=O)N(C)[C@H](C(=O)N[C@H]2Cc3nc(cs3)-c3ccc4c(c3)c(c(/C(C=C)=C(/N=CC)[C@H](C)OC)n4CC)CC(C)(C)COC(=O)[C@@]3(O)CCCN(N3)C2=O)C(C)C)CC1. The number of aromatic nitrogens is 2. The Bertz CT molecular complexity index is 2470. The largest absolute Gasteiger partial charge is 0.462 e. The first kappa shape index (κ1) is 51.7. The van der Waals surface area contributed by atoms with Gasteiger partial charge >= 0.3 is 12.0 Å². The zero-order valence-electron chi connectivity index (χ0n) is 41.1. The van der Waals surface area contributed by atoms with E-state index in [1.165, 1.54) is 27.3 Å². The van der Waals surface area contributed by atoms with Crippen LogP contribution in [0.2, 0.25) is 0 Å². The maximum atomic E-state index is 14.7. The lowest BCUT2D eigenvalue weighted by Crippen LogP contribution is -2.67. The molecule has 6 rings (SSSR count). The highest BCUT2D eigenvalue weighted by atomic mass is 32.1. The van der Waals surface area contributed by atoms with E-state index in [2.05, 4.69) is 47.5 Å². The number of rotatable bonds is 11. The summed E-state index contributed by atoms with van der Waals surface area (Å²) in [5, 5.41) is 19.5. The number of urea groups is 1. The summed E-state index contributed by atoms with van der Waals surface area (Å²) in [6, 6.07) is 3.61. The Kier molecular flexibility index (Phi) is 16.5. The van der Waals surface area contributed by atoms with Crippen molar-refractivity contribution >= 4 is 63.7 Å². The number of nitrogens with one attached hydrogen (secondary N) is 2. The van der Waals surface area contributed by atoms with Gasteiger partial charge in [0.25, 0.3) is 5.91 Å². The molecule has 17 nitrogen and oxygen atoms in total. The summed E-state index contributed by atoms with van der Waals surface area (Å²) in [6.07, 6.45) is 5.67. The van der Waals surface area contributed by atoms with Gasteiger partial charge in [-0.15, -0.1) is 11.3 Å². The van der Waals surface area contributed by atoms with Crippen LogP contribution in [0.1, 0.15) is 84.0 Å². The van der Waals surface area contributed by atoms with Crippen molar-refractivity contribution in [2.45, 2.75) is 111 Å². The van der Waals surface area contributed by atoms with Gasteiger partial charge in [-0.25, -0.2) is 14.6 Å². The van der Waals surface area contributed by atoms with E-state index >= 15 is 0 Å². The number of aliphatic hydroxyl groups is 1. The number of benzene rings is 1. The summed E-state index contributed by atoms with van der Waals surface area (Å²) in [4.78, 5) is 84.1. The van der Waals surface area contributed by atoms with Crippen LogP contribution in [-0.2, 0) is 48.0 Å². The summed E-state index contributed by atoms with van der Waals surface area (Å²) in [6.45, 7) is 23.5. The fraction of sp³-hybridized carbons (Fsp3) is 0.540. The number of aliphatic imine (C=N–C) groups is 1. The number of nitrogens with zero attached hydrogens (tertiary/aromatic N) is 7. The molecule has 18 heteroatoms. The highest BCUT2D eigenvalue weighted by Crippen LogP contribution is 2.40. The molecule has 2 aromatic heterocycles. The Balaban J connectivity index is 1.42. The van der Waals surface area contributed by atoms with Crippen LogP contribution in [0.3, 0.4) is 0 Å². The van der Waals surface area contributed by atoms with Gasteiger partial charge in [-0.3, -0.25) is 24.4 Å². The highest BCUT2D eigenvalue weighted by molar-refractivity contribution is 7.10. The van der Waals surface area contributed by atoms with Gasteiger partial charge in [0.1, 0.15) is 12.1 Å². The molecule has 3 N–H and O–H groups in total. The second-order valence-corrected chi connectivity index (χ2v) is 19.8. The molecule has 0 unspecified atom stereocenters. The summed E-state index contributed by atoms with van der Waals surface area (Å²) in [5.41, 5.74) is 5.77. The van der Waals surface area contributed by atoms with Gasteiger partial charge in [-0.05, 0) is 69.7 Å². The van der Waals surface area contributed by atoms with Crippen molar-refractivity contribution in [3.63, 3.8) is 0 Å². The number of thiazole rings is 1. The maximum Gasteiger partial charge on any atom is 0.355 e. The molecule has 4 atom stereocenters. The van der Waals surface area contributed by atoms with E-state index < -0.39 is 41.0 Å². The van der Waals surface area contributed by atoms with Crippen molar-refractivity contribution in [2.75, 3.05) is 53.5 Å². The summed E-state index contributed by atoms with van der Waals surface area (Å²) < 4.78 is 14.0. The van der Waals surface area contributed by atoms with E-state index in [-0.39, 0.29) is 62.9 Å². The lowest BCUT2D eigenvalue weighted by atomic mass is 9.84. The van der Waals surface area contributed by atoms with Crippen LogP contribution in [0.25, 0.3) is 27.7 Å². The monoisotopic (exact) mass is 955 g/mol. The lowest BCUT2D eigenvalue weighted by molar-refractivity contribution is -0.189. The van der Waals surface area contributed by atoms with Crippen LogP contribution in [0.4, 0.5) is 4.79 Å². The van der Waals surface area contributed by atoms with Gasteiger partial charge in [-0.1, -0.05) is 53.0 Å². The molecule has 3 aliphatic heterocycles. The lowest BCUT2D eigenvalue weighted by Gasteiger charge is -2.40. The van der Waals surface area contributed by atoms with Crippen LogP contribution < -0.4 is 10.7 Å². The van der Waals surface area contributed by atoms with Crippen molar-refractivity contribution in [3.05, 3.63) is 70.9 Å². The molecular weight excluding hydrogens is 887 g/mol. The third-order valence-corrected chi connectivity index (χ3v) is 13.9. The van der Waals surface area contributed by atoms with Gasteiger partial charge in [-0.2, -0.15) is 5.43 Å². The zero-order valence-corrected chi connectivity index (χ0v) is 41.9. The molecule has 368 valence electrons. The maximum absolute atomic E-state index is 14.7. The van der Waals surface area contributed by atoms with Crippen LogP contribution in [0, 0.1) is 11.3 Å². The molecule has 3 aromatic rings.